The maximum Gasteiger partial charge on any atom is 0.334 e. The van der Waals surface area contributed by atoms with E-state index in [9.17, 15) is 14.4 Å². The van der Waals surface area contributed by atoms with Crippen LogP contribution in [0.5, 0.6) is 0 Å². The number of hydrogen-bond acceptors (Lipinski definition) is 3. The summed E-state index contributed by atoms with van der Waals surface area (Å²) >= 11 is 0. The van der Waals surface area contributed by atoms with Crippen molar-refractivity contribution in [3.05, 3.63) is 0 Å². The fraction of sp³-hybridized carbons (Fsp3) is 0.727. The van der Waals surface area contributed by atoms with Crippen molar-refractivity contribution in [3.63, 3.8) is 0 Å². The first-order valence-corrected chi connectivity index (χ1v) is 5.49. The predicted molar refractivity (Wildman–Crippen MR) is 58.6 cm³/mol. The van der Waals surface area contributed by atoms with Crippen molar-refractivity contribution in [2.45, 2.75) is 45.6 Å². The average Bonchev–Trinajstić information content (AvgIpc) is 2.37. The first-order chi connectivity index (χ1) is 7.34. The lowest BCUT2D eigenvalue weighted by Gasteiger charge is -2.22. The second kappa shape index (κ2) is 4.23. The molecule has 1 heterocycles. The number of unbranched alkanes of at least 4 members (excludes halogenated alkanes) is 1. The third kappa shape index (κ3) is 1.81. The zero-order chi connectivity index (χ0) is 12.5. The third-order valence-electron chi connectivity index (χ3n) is 3.04. The van der Waals surface area contributed by atoms with Gasteiger partial charge in [0.15, 0.2) is 0 Å². The van der Waals surface area contributed by atoms with Gasteiger partial charge in [-0.1, -0.05) is 13.3 Å². The number of nitrogens with zero attached hydrogens (tertiary/aromatic N) is 2. The second-order valence-corrected chi connectivity index (χ2v) is 4.54. The van der Waals surface area contributed by atoms with Gasteiger partial charge in [-0.2, -0.15) is 4.90 Å². The van der Waals surface area contributed by atoms with Crippen LogP contribution in [0.4, 0.5) is 4.79 Å². The smallest absolute Gasteiger partial charge is 0.313 e. The molecule has 0 bridgehead atoms. The molecule has 0 unspecified atom stereocenters. The van der Waals surface area contributed by atoms with Crippen LogP contribution in [0.1, 0.15) is 40.0 Å². The lowest BCUT2D eigenvalue weighted by atomic mass is 10.1. The summed E-state index contributed by atoms with van der Waals surface area (Å²) < 4.78 is 0. The molecule has 5 nitrogen and oxygen atoms in total. The molecule has 1 saturated heterocycles. The molecule has 1 aliphatic rings. The van der Waals surface area contributed by atoms with E-state index in [0.29, 0.717) is 6.42 Å². The van der Waals surface area contributed by atoms with E-state index in [1.807, 2.05) is 6.92 Å². The molecule has 16 heavy (non-hydrogen) atoms. The average molecular weight is 226 g/mol. The maximum atomic E-state index is 11.9. The van der Waals surface area contributed by atoms with Crippen LogP contribution in [0, 0.1) is 0 Å². The molecule has 0 atom stereocenters. The van der Waals surface area contributed by atoms with Gasteiger partial charge in [0.05, 0.1) is 0 Å². The van der Waals surface area contributed by atoms with E-state index in [1.165, 1.54) is 11.9 Å². The minimum atomic E-state index is -0.918. The summed E-state index contributed by atoms with van der Waals surface area (Å²) in [6, 6.07) is -0.517. The van der Waals surface area contributed by atoms with Gasteiger partial charge in [0.1, 0.15) is 5.54 Å². The summed E-state index contributed by atoms with van der Waals surface area (Å²) in [5, 5.41) is 0. The molecular weight excluding hydrogens is 208 g/mol. The van der Waals surface area contributed by atoms with E-state index >= 15 is 0 Å². The molecular formula is C11H18N2O3. The van der Waals surface area contributed by atoms with Gasteiger partial charge in [0.25, 0.3) is 5.91 Å². The van der Waals surface area contributed by atoms with Gasteiger partial charge in [0, 0.05) is 13.5 Å². The van der Waals surface area contributed by atoms with Crippen LogP contribution in [0.15, 0.2) is 0 Å². The van der Waals surface area contributed by atoms with Gasteiger partial charge in [0.2, 0.25) is 5.91 Å². The third-order valence-corrected chi connectivity index (χ3v) is 3.04. The maximum absolute atomic E-state index is 11.9. The van der Waals surface area contributed by atoms with E-state index in [1.54, 1.807) is 13.8 Å². The molecule has 0 spiro atoms. The molecule has 90 valence electrons. The molecule has 5 heteroatoms. The van der Waals surface area contributed by atoms with E-state index in [4.69, 9.17) is 0 Å². The number of likely N-dealkylation sites (N-methyl/N-ethyl adjacent to an activating group) is 1. The van der Waals surface area contributed by atoms with Crippen molar-refractivity contribution < 1.29 is 14.4 Å². The van der Waals surface area contributed by atoms with Crippen LogP contribution in [0.3, 0.4) is 0 Å². The van der Waals surface area contributed by atoms with Gasteiger partial charge in [-0.3, -0.25) is 9.59 Å². The molecule has 0 aromatic heterocycles. The van der Waals surface area contributed by atoms with Gasteiger partial charge in [-0.05, 0) is 20.3 Å². The number of hydrogen-bond donors (Lipinski definition) is 0. The van der Waals surface area contributed by atoms with Gasteiger partial charge >= 0.3 is 6.03 Å². The number of rotatable bonds is 3. The summed E-state index contributed by atoms with van der Waals surface area (Å²) in [6.07, 6.45) is 1.80. The number of amides is 4. The number of imide groups is 3. The Hall–Kier alpha value is -1.39. The molecule has 0 radical (unpaired) electrons. The fourth-order valence-corrected chi connectivity index (χ4v) is 1.55. The fourth-order valence-electron chi connectivity index (χ4n) is 1.55. The molecule has 0 aromatic rings. The summed E-state index contributed by atoms with van der Waals surface area (Å²) in [6.45, 7) is 5.23. The van der Waals surface area contributed by atoms with Crippen molar-refractivity contribution >= 4 is 17.8 Å². The van der Waals surface area contributed by atoms with Crippen molar-refractivity contribution in [2.24, 2.45) is 0 Å². The van der Waals surface area contributed by atoms with Crippen LogP contribution < -0.4 is 0 Å². The monoisotopic (exact) mass is 226 g/mol. The van der Waals surface area contributed by atoms with Gasteiger partial charge < -0.3 is 4.90 Å². The Labute approximate surface area is 95.4 Å². The lowest BCUT2D eigenvalue weighted by molar-refractivity contribution is -0.141. The second-order valence-electron chi connectivity index (χ2n) is 4.54. The van der Waals surface area contributed by atoms with E-state index in [-0.39, 0.29) is 6.42 Å². The zero-order valence-electron chi connectivity index (χ0n) is 10.2. The Morgan fingerprint density at radius 3 is 2.25 bits per heavy atom. The number of urea groups is 1. The minimum absolute atomic E-state index is 0.248. The molecule has 0 N–H and O–H groups in total. The molecule has 1 rings (SSSR count). The molecule has 0 aliphatic carbocycles. The van der Waals surface area contributed by atoms with Crippen molar-refractivity contribution in [2.75, 3.05) is 7.05 Å². The highest BCUT2D eigenvalue weighted by molar-refractivity contribution is 6.17. The highest BCUT2D eigenvalue weighted by Crippen LogP contribution is 2.26. The van der Waals surface area contributed by atoms with Crippen LogP contribution in [0.25, 0.3) is 0 Å². The molecule has 1 fully saturated rings. The van der Waals surface area contributed by atoms with E-state index in [2.05, 4.69) is 0 Å². The Balaban J connectivity index is 2.87. The summed E-state index contributed by atoms with van der Waals surface area (Å²) in [4.78, 5) is 37.4. The standard InChI is InChI=1S/C11H18N2O3/c1-5-6-7-8(14)13-9(15)11(2,3)12(4)10(13)16/h5-7H2,1-4H3. The highest BCUT2D eigenvalue weighted by Gasteiger charge is 2.51. The minimum Gasteiger partial charge on any atom is -0.313 e. The molecule has 1 aliphatic heterocycles. The van der Waals surface area contributed by atoms with Crippen molar-refractivity contribution in [3.8, 4) is 0 Å². The first kappa shape index (κ1) is 12.7. The largest absolute Gasteiger partial charge is 0.334 e. The van der Waals surface area contributed by atoms with Crippen molar-refractivity contribution in [1.29, 1.82) is 0 Å². The van der Waals surface area contributed by atoms with Crippen LogP contribution >= 0.6 is 0 Å². The Morgan fingerprint density at radius 1 is 1.31 bits per heavy atom. The van der Waals surface area contributed by atoms with Gasteiger partial charge in [-0.15, -0.1) is 0 Å². The van der Waals surface area contributed by atoms with Crippen LogP contribution in [-0.4, -0.2) is 40.2 Å². The topological polar surface area (TPSA) is 57.7 Å². The molecule has 0 saturated carbocycles. The SMILES string of the molecule is CCCCC(=O)N1C(=O)N(C)C(C)(C)C1=O. The predicted octanol–water partition coefficient (Wildman–Crippen LogP) is 1.38. The van der Waals surface area contributed by atoms with E-state index < -0.39 is 23.4 Å². The van der Waals surface area contributed by atoms with E-state index in [0.717, 1.165) is 11.3 Å². The lowest BCUT2D eigenvalue weighted by Crippen LogP contribution is -2.42. The zero-order valence-corrected chi connectivity index (χ0v) is 10.2. The Morgan fingerprint density at radius 2 is 1.88 bits per heavy atom. The normalized spacial score (nSPS) is 19.5. The van der Waals surface area contributed by atoms with Gasteiger partial charge in [-0.25, -0.2) is 4.79 Å². The van der Waals surface area contributed by atoms with Crippen molar-refractivity contribution in [1.82, 2.24) is 9.80 Å². The Bertz CT molecular complexity index is 336. The quantitative estimate of drug-likeness (QED) is 0.683. The Kier molecular flexibility index (Phi) is 3.35. The molecule has 0 aromatic carbocycles. The van der Waals surface area contributed by atoms with Crippen LogP contribution in [-0.2, 0) is 9.59 Å². The van der Waals surface area contributed by atoms with Crippen LogP contribution in [0.2, 0.25) is 0 Å². The molecule has 4 amide bonds. The summed E-state index contributed by atoms with van der Waals surface area (Å²) in [7, 11) is 1.54. The number of carbonyl (C=O) groups excluding carboxylic acids is 3. The summed E-state index contributed by atoms with van der Waals surface area (Å²) in [5.41, 5.74) is -0.918. The highest BCUT2D eigenvalue weighted by atomic mass is 16.2. The number of carbonyl (C=O) groups is 3. The summed E-state index contributed by atoms with van der Waals surface area (Å²) in [5.74, 6) is -0.824. The first-order valence-electron chi connectivity index (χ1n) is 5.49.